The normalized spacial score (nSPS) is 14.7. The van der Waals surface area contributed by atoms with Crippen molar-refractivity contribution in [2.75, 3.05) is 6.61 Å². The van der Waals surface area contributed by atoms with E-state index in [4.69, 9.17) is 4.74 Å². The van der Waals surface area contributed by atoms with Gasteiger partial charge in [-0.05, 0) is 32.6 Å². The number of aromatic nitrogens is 4. The van der Waals surface area contributed by atoms with Crippen LogP contribution in [0, 0.1) is 19.8 Å². The third-order valence-corrected chi connectivity index (χ3v) is 3.52. The standard InChI is InChI=1S/C14H18N4O/c1-9-15-6-12(13-7-16-10(2)18(13)3)14(17-9)19-8-11-4-5-11/h6-7,11H,4-5,8H2,1-3H3. The molecule has 2 heterocycles. The number of hydrogen-bond donors (Lipinski definition) is 0. The average Bonchev–Trinajstić information content (AvgIpc) is 3.16. The highest BCUT2D eigenvalue weighted by Crippen LogP contribution is 2.32. The van der Waals surface area contributed by atoms with Gasteiger partial charge in [0.05, 0.1) is 24.1 Å². The summed E-state index contributed by atoms with van der Waals surface area (Å²) >= 11 is 0. The predicted molar refractivity (Wildman–Crippen MR) is 71.9 cm³/mol. The van der Waals surface area contributed by atoms with Gasteiger partial charge in [0.1, 0.15) is 11.6 Å². The number of hydrogen-bond acceptors (Lipinski definition) is 4. The van der Waals surface area contributed by atoms with Gasteiger partial charge in [0.2, 0.25) is 5.88 Å². The van der Waals surface area contributed by atoms with Crippen molar-refractivity contribution in [3.05, 3.63) is 24.0 Å². The predicted octanol–water partition coefficient (Wildman–Crippen LogP) is 2.28. The highest BCUT2D eigenvalue weighted by atomic mass is 16.5. The van der Waals surface area contributed by atoms with Crippen LogP contribution in [-0.4, -0.2) is 26.1 Å². The summed E-state index contributed by atoms with van der Waals surface area (Å²) < 4.78 is 7.89. The first-order chi connectivity index (χ1) is 9.15. The second kappa shape index (κ2) is 4.64. The Kier molecular flexibility index (Phi) is 2.97. The largest absolute Gasteiger partial charge is 0.477 e. The van der Waals surface area contributed by atoms with Gasteiger partial charge in [0.25, 0.3) is 0 Å². The number of ether oxygens (including phenoxy) is 1. The van der Waals surface area contributed by atoms with Gasteiger partial charge >= 0.3 is 0 Å². The van der Waals surface area contributed by atoms with Crippen LogP contribution in [0.1, 0.15) is 24.5 Å². The van der Waals surface area contributed by atoms with E-state index < -0.39 is 0 Å². The average molecular weight is 258 g/mol. The van der Waals surface area contributed by atoms with Crippen LogP contribution in [0.25, 0.3) is 11.3 Å². The lowest BCUT2D eigenvalue weighted by atomic mass is 10.2. The van der Waals surface area contributed by atoms with Gasteiger partial charge in [-0.3, -0.25) is 0 Å². The maximum atomic E-state index is 5.87. The van der Waals surface area contributed by atoms with Gasteiger partial charge in [-0.15, -0.1) is 0 Å². The Balaban J connectivity index is 1.96. The molecule has 0 radical (unpaired) electrons. The first kappa shape index (κ1) is 12.1. The summed E-state index contributed by atoms with van der Waals surface area (Å²) in [5.74, 6) is 3.07. The van der Waals surface area contributed by atoms with E-state index in [2.05, 4.69) is 15.0 Å². The van der Waals surface area contributed by atoms with Crippen LogP contribution in [-0.2, 0) is 7.05 Å². The molecular weight excluding hydrogens is 240 g/mol. The second-order valence-corrected chi connectivity index (χ2v) is 5.14. The van der Waals surface area contributed by atoms with E-state index in [0.717, 1.165) is 29.5 Å². The fraction of sp³-hybridized carbons (Fsp3) is 0.500. The van der Waals surface area contributed by atoms with E-state index in [1.54, 1.807) is 0 Å². The summed E-state index contributed by atoms with van der Waals surface area (Å²) in [5, 5.41) is 0. The molecule has 0 aromatic carbocycles. The van der Waals surface area contributed by atoms with Gasteiger partial charge in [-0.1, -0.05) is 0 Å². The molecule has 0 aliphatic heterocycles. The van der Waals surface area contributed by atoms with Crippen LogP contribution in [0.2, 0.25) is 0 Å². The van der Waals surface area contributed by atoms with Crippen LogP contribution in [0.15, 0.2) is 12.4 Å². The first-order valence-electron chi connectivity index (χ1n) is 6.60. The van der Waals surface area contributed by atoms with Gasteiger partial charge in [-0.2, -0.15) is 4.98 Å². The molecule has 1 aliphatic carbocycles. The topological polar surface area (TPSA) is 52.8 Å². The van der Waals surface area contributed by atoms with Crippen LogP contribution in [0.5, 0.6) is 5.88 Å². The molecule has 0 saturated heterocycles. The SMILES string of the molecule is Cc1ncc(-c2cnc(C)n2C)c(OCC2CC2)n1. The minimum absolute atomic E-state index is 0.669. The zero-order valence-corrected chi connectivity index (χ0v) is 11.6. The monoisotopic (exact) mass is 258 g/mol. The molecule has 0 amide bonds. The van der Waals surface area contributed by atoms with Crippen LogP contribution < -0.4 is 4.74 Å². The number of aryl methyl sites for hydroxylation is 2. The lowest BCUT2D eigenvalue weighted by Crippen LogP contribution is -2.05. The van der Waals surface area contributed by atoms with E-state index in [1.165, 1.54) is 12.8 Å². The lowest BCUT2D eigenvalue weighted by Gasteiger charge is -2.11. The Morgan fingerprint density at radius 1 is 1.26 bits per heavy atom. The molecule has 0 unspecified atom stereocenters. The van der Waals surface area contributed by atoms with E-state index in [-0.39, 0.29) is 0 Å². The molecule has 0 N–H and O–H groups in total. The van der Waals surface area contributed by atoms with Crippen molar-refractivity contribution in [1.82, 2.24) is 19.5 Å². The molecular formula is C14H18N4O. The Morgan fingerprint density at radius 2 is 2.05 bits per heavy atom. The van der Waals surface area contributed by atoms with Gasteiger partial charge < -0.3 is 9.30 Å². The fourth-order valence-electron chi connectivity index (χ4n) is 1.97. The van der Waals surface area contributed by atoms with Gasteiger partial charge in [0, 0.05) is 13.2 Å². The second-order valence-electron chi connectivity index (χ2n) is 5.14. The van der Waals surface area contributed by atoms with Crippen LogP contribution in [0.4, 0.5) is 0 Å². The maximum absolute atomic E-state index is 5.87. The van der Waals surface area contributed by atoms with Gasteiger partial charge in [-0.25, -0.2) is 9.97 Å². The highest BCUT2D eigenvalue weighted by molar-refractivity contribution is 5.64. The Labute approximate surface area is 112 Å². The molecule has 0 bridgehead atoms. The summed E-state index contributed by atoms with van der Waals surface area (Å²) in [5.41, 5.74) is 1.90. The molecule has 0 spiro atoms. The number of rotatable bonds is 4. The van der Waals surface area contributed by atoms with E-state index in [9.17, 15) is 0 Å². The molecule has 2 aromatic rings. The molecule has 1 fully saturated rings. The number of nitrogens with zero attached hydrogens (tertiary/aromatic N) is 4. The summed E-state index contributed by atoms with van der Waals surface area (Å²) in [6.07, 6.45) is 6.20. The van der Waals surface area contributed by atoms with Crippen molar-refractivity contribution in [1.29, 1.82) is 0 Å². The van der Waals surface area contributed by atoms with Crippen molar-refractivity contribution in [2.45, 2.75) is 26.7 Å². The van der Waals surface area contributed by atoms with Crippen molar-refractivity contribution in [3.63, 3.8) is 0 Å². The zero-order valence-electron chi connectivity index (χ0n) is 11.6. The summed E-state index contributed by atoms with van der Waals surface area (Å²) in [4.78, 5) is 13.0. The maximum Gasteiger partial charge on any atom is 0.226 e. The van der Waals surface area contributed by atoms with Crippen molar-refractivity contribution in [3.8, 4) is 17.1 Å². The Bertz CT molecular complexity index is 601. The summed E-state index contributed by atoms with van der Waals surface area (Å²) in [7, 11) is 1.99. The fourth-order valence-corrected chi connectivity index (χ4v) is 1.97. The lowest BCUT2D eigenvalue weighted by molar-refractivity contribution is 0.288. The minimum atomic E-state index is 0.669. The minimum Gasteiger partial charge on any atom is -0.477 e. The third-order valence-electron chi connectivity index (χ3n) is 3.52. The molecule has 100 valence electrons. The van der Waals surface area contributed by atoms with Crippen LogP contribution in [0.3, 0.4) is 0 Å². The number of imidazole rings is 1. The van der Waals surface area contributed by atoms with E-state index >= 15 is 0 Å². The van der Waals surface area contributed by atoms with E-state index in [1.807, 2.05) is 37.9 Å². The molecule has 2 aromatic heterocycles. The Morgan fingerprint density at radius 3 is 2.68 bits per heavy atom. The summed E-state index contributed by atoms with van der Waals surface area (Å²) in [6, 6.07) is 0. The highest BCUT2D eigenvalue weighted by Gasteiger charge is 2.23. The van der Waals surface area contributed by atoms with Gasteiger partial charge in [0.15, 0.2) is 0 Å². The van der Waals surface area contributed by atoms with E-state index in [0.29, 0.717) is 11.8 Å². The van der Waals surface area contributed by atoms with Crippen LogP contribution >= 0.6 is 0 Å². The molecule has 0 atom stereocenters. The zero-order chi connectivity index (χ0) is 13.4. The Hall–Kier alpha value is -1.91. The molecule has 1 aliphatic rings. The first-order valence-corrected chi connectivity index (χ1v) is 6.60. The smallest absolute Gasteiger partial charge is 0.226 e. The quantitative estimate of drug-likeness (QED) is 0.844. The van der Waals surface area contributed by atoms with Crippen molar-refractivity contribution >= 4 is 0 Å². The van der Waals surface area contributed by atoms with Crippen molar-refractivity contribution < 1.29 is 4.74 Å². The molecule has 5 heteroatoms. The molecule has 5 nitrogen and oxygen atoms in total. The summed E-state index contributed by atoms with van der Waals surface area (Å²) in [6.45, 7) is 4.60. The third kappa shape index (κ3) is 2.45. The molecule has 19 heavy (non-hydrogen) atoms. The van der Waals surface area contributed by atoms with Crippen molar-refractivity contribution in [2.24, 2.45) is 13.0 Å². The molecule has 1 saturated carbocycles. The molecule has 3 rings (SSSR count).